The Labute approximate surface area is 119 Å². The maximum absolute atomic E-state index is 12.8. The minimum Gasteiger partial charge on any atom is -0.382 e. The average molecular weight is 311 g/mol. The molecule has 20 heavy (non-hydrogen) atoms. The number of anilines is 1. The summed E-state index contributed by atoms with van der Waals surface area (Å²) in [7, 11) is 1.54. The first-order chi connectivity index (χ1) is 9.40. The Balaban J connectivity index is 2.21. The van der Waals surface area contributed by atoms with E-state index in [-0.39, 0.29) is 17.1 Å². The summed E-state index contributed by atoms with van der Waals surface area (Å²) in [4.78, 5) is 5.68. The molecule has 4 nitrogen and oxygen atoms in total. The van der Waals surface area contributed by atoms with Crippen LogP contribution in [0.5, 0.6) is 0 Å². The molecule has 1 atom stereocenters. The van der Waals surface area contributed by atoms with Gasteiger partial charge in [-0.1, -0.05) is 11.6 Å². The van der Waals surface area contributed by atoms with Crippen molar-refractivity contribution in [2.45, 2.75) is 12.3 Å². The second kappa shape index (κ2) is 6.15. The van der Waals surface area contributed by atoms with Gasteiger partial charge in [-0.3, -0.25) is 0 Å². The van der Waals surface area contributed by atoms with Crippen molar-refractivity contribution in [2.24, 2.45) is 0 Å². The standard InChI is InChI=1S/C12H14ClF3N2O2/c1-19-7-9-6-18(2-3-20-9)11-5-8(12(14,15)16)4-10(13)17-11/h4-5,9H,2-3,6-7H2,1H3/t9-/m1/s1. The van der Waals surface area contributed by atoms with Gasteiger partial charge in [-0.15, -0.1) is 0 Å². The van der Waals surface area contributed by atoms with Gasteiger partial charge in [-0.25, -0.2) is 4.98 Å². The highest BCUT2D eigenvalue weighted by atomic mass is 35.5. The van der Waals surface area contributed by atoms with Crippen molar-refractivity contribution < 1.29 is 22.6 Å². The summed E-state index contributed by atoms with van der Waals surface area (Å²) in [6, 6.07) is 1.82. The van der Waals surface area contributed by atoms with Gasteiger partial charge >= 0.3 is 6.18 Å². The number of rotatable bonds is 3. The molecule has 0 aliphatic carbocycles. The van der Waals surface area contributed by atoms with Gasteiger partial charge in [-0.2, -0.15) is 13.2 Å². The molecule has 1 aromatic rings. The Kier molecular flexibility index (Phi) is 4.72. The lowest BCUT2D eigenvalue weighted by Gasteiger charge is -2.33. The fraction of sp³-hybridized carbons (Fsp3) is 0.583. The largest absolute Gasteiger partial charge is 0.416 e. The van der Waals surface area contributed by atoms with E-state index >= 15 is 0 Å². The van der Waals surface area contributed by atoms with E-state index in [2.05, 4.69) is 4.98 Å². The molecule has 2 heterocycles. The van der Waals surface area contributed by atoms with Gasteiger partial charge in [0.2, 0.25) is 0 Å². The number of nitrogens with zero attached hydrogens (tertiary/aromatic N) is 2. The zero-order valence-electron chi connectivity index (χ0n) is 10.8. The molecule has 0 spiro atoms. The summed E-state index contributed by atoms with van der Waals surface area (Å²) < 4.78 is 48.7. The van der Waals surface area contributed by atoms with Crippen LogP contribution in [-0.2, 0) is 15.7 Å². The normalized spacial score (nSPS) is 20.2. The highest BCUT2D eigenvalue weighted by molar-refractivity contribution is 6.29. The maximum atomic E-state index is 12.8. The number of pyridine rings is 1. The molecule has 1 fully saturated rings. The molecular formula is C12H14ClF3N2O2. The van der Waals surface area contributed by atoms with Crippen LogP contribution in [0.4, 0.5) is 19.0 Å². The van der Waals surface area contributed by atoms with E-state index in [0.29, 0.717) is 26.3 Å². The van der Waals surface area contributed by atoms with Crippen LogP contribution < -0.4 is 4.90 Å². The van der Waals surface area contributed by atoms with Crippen molar-refractivity contribution in [3.05, 3.63) is 22.8 Å². The van der Waals surface area contributed by atoms with E-state index in [1.165, 1.54) is 0 Å². The molecule has 1 aliphatic rings. The molecule has 0 saturated carbocycles. The minimum atomic E-state index is -4.44. The second-order valence-corrected chi connectivity index (χ2v) is 4.82. The highest BCUT2D eigenvalue weighted by Gasteiger charge is 2.32. The smallest absolute Gasteiger partial charge is 0.382 e. The molecule has 8 heteroatoms. The zero-order valence-corrected chi connectivity index (χ0v) is 11.5. The number of aromatic nitrogens is 1. The molecular weight excluding hydrogens is 297 g/mol. The van der Waals surface area contributed by atoms with Gasteiger partial charge in [0, 0.05) is 20.2 Å². The Morgan fingerprint density at radius 3 is 2.90 bits per heavy atom. The average Bonchev–Trinajstić information content (AvgIpc) is 2.38. The van der Waals surface area contributed by atoms with Crippen molar-refractivity contribution in [1.29, 1.82) is 0 Å². The van der Waals surface area contributed by atoms with Crippen LogP contribution in [0.15, 0.2) is 12.1 Å². The quantitative estimate of drug-likeness (QED) is 0.804. The second-order valence-electron chi connectivity index (χ2n) is 4.43. The molecule has 0 aromatic carbocycles. The Bertz CT molecular complexity index is 469. The first kappa shape index (κ1) is 15.3. The fourth-order valence-electron chi connectivity index (χ4n) is 2.02. The number of hydrogen-bond acceptors (Lipinski definition) is 4. The molecule has 1 aliphatic heterocycles. The number of ether oxygens (including phenoxy) is 2. The van der Waals surface area contributed by atoms with Crippen LogP contribution >= 0.6 is 11.6 Å². The highest BCUT2D eigenvalue weighted by Crippen LogP contribution is 2.33. The lowest BCUT2D eigenvalue weighted by Crippen LogP contribution is -2.44. The van der Waals surface area contributed by atoms with Crippen LogP contribution in [0, 0.1) is 0 Å². The van der Waals surface area contributed by atoms with Gasteiger partial charge < -0.3 is 14.4 Å². The first-order valence-corrected chi connectivity index (χ1v) is 6.38. The van der Waals surface area contributed by atoms with Crippen molar-refractivity contribution in [2.75, 3.05) is 38.3 Å². The van der Waals surface area contributed by atoms with E-state index < -0.39 is 11.7 Å². The number of halogens is 4. The van der Waals surface area contributed by atoms with E-state index in [1.807, 2.05) is 0 Å². The topological polar surface area (TPSA) is 34.6 Å². The SMILES string of the molecule is COC[C@H]1CN(c2cc(C(F)(F)F)cc(Cl)n2)CCO1. The number of methoxy groups -OCH3 is 1. The molecule has 0 radical (unpaired) electrons. The van der Waals surface area contributed by atoms with Gasteiger partial charge in [-0.05, 0) is 12.1 Å². The Hall–Kier alpha value is -1.05. The van der Waals surface area contributed by atoms with Gasteiger partial charge in [0.05, 0.1) is 24.9 Å². The van der Waals surface area contributed by atoms with Crippen molar-refractivity contribution in [3.8, 4) is 0 Å². The molecule has 0 amide bonds. The first-order valence-electron chi connectivity index (χ1n) is 6.00. The zero-order chi connectivity index (χ0) is 14.8. The van der Waals surface area contributed by atoms with Gasteiger partial charge in [0.25, 0.3) is 0 Å². The molecule has 2 rings (SSSR count). The summed E-state index contributed by atoms with van der Waals surface area (Å²) in [5.74, 6) is 0.203. The number of hydrogen-bond donors (Lipinski definition) is 0. The summed E-state index contributed by atoms with van der Waals surface area (Å²) in [5.41, 5.74) is -0.803. The summed E-state index contributed by atoms with van der Waals surface area (Å²) in [6.45, 7) is 1.66. The van der Waals surface area contributed by atoms with Gasteiger partial charge in [0.15, 0.2) is 0 Å². The minimum absolute atomic E-state index is 0.176. The summed E-state index contributed by atoms with van der Waals surface area (Å²) in [6.07, 6.45) is -4.64. The van der Waals surface area contributed by atoms with Crippen molar-refractivity contribution in [3.63, 3.8) is 0 Å². The lowest BCUT2D eigenvalue weighted by atomic mass is 10.2. The molecule has 0 N–H and O–H groups in total. The Morgan fingerprint density at radius 1 is 1.50 bits per heavy atom. The number of morpholine rings is 1. The monoisotopic (exact) mass is 310 g/mol. The van der Waals surface area contributed by atoms with E-state index in [1.54, 1.807) is 12.0 Å². The molecule has 1 aromatic heterocycles. The molecule has 112 valence electrons. The third-order valence-corrected chi connectivity index (χ3v) is 3.12. The van der Waals surface area contributed by atoms with Crippen LogP contribution in [0.2, 0.25) is 5.15 Å². The Morgan fingerprint density at radius 2 is 2.25 bits per heavy atom. The third kappa shape index (κ3) is 3.74. The fourth-order valence-corrected chi connectivity index (χ4v) is 2.23. The van der Waals surface area contributed by atoms with Crippen molar-refractivity contribution in [1.82, 2.24) is 4.98 Å². The summed E-state index contributed by atoms with van der Waals surface area (Å²) >= 11 is 5.68. The third-order valence-electron chi connectivity index (χ3n) is 2.92. The predicted molar refractivity (Wildman–Crippen MR) is 68.1 cm³/mol. The lowest BCUT2D eigenvalue weighted by molar-refractivity contribution is -0.137. The predicted octanol–water partition coefficient (Wildman–Crippen LogP) is 2.61. The van der Waals surface area contributed by atoms with E-state index in [0.717, 1.165) is 12.1 Å². The van der Waals surface area contributed by atoms with E-state index in [9.17, 15) is 13.2 Å². The molecule has 0 bridgehead atoms. The number of alkyl halides is 3. The van der Waals surface area contributed by atoms with Crippen LogP contribution in [0.1, 0.15) is 5.56 Å². The molecule has 0 unspecified atom stereocenters. The van der Waals surface area contributed by atoms with Crippen molar-refractivity contribution >= 4 is 17.4 Å². The van der Waals surface area contributed by atoms with Crippen LogP contribution in [0.25, 0.3) is 0 Å². The summed E-state index contributed by atoms with van der Waals surface area (Å²) in [5, 5.41) is -0.176. The maximum Gasteiger partial charge on any atom is 0.416 e. The van der Waals surface area contributed by atoms with Gasteiger partial charge in [0.1, 0.15) is 11.0 Å². The van der Waals surface area contributed by atoms with Crippen LogP contribution in [0.3, 0.4) is 0 Å². The van der Waals surface area contributed by atoms with E-state index in [4.69, 9.17) is 21.1 Å². The van der Waals surface area contributed by atoms with Crippen LogP contribution in [-0.4, -0.2) is 44.5 Å². The molecule has 1 saturated heterocycles.